The summed E-state index contributed by atoms with van der Waals surface area (Å²) in [5, 5.41) is 14.1. The van der Waals surface area contributed by atoms with Crippen molar-refractivity contribution < 1.29 is 4.79 Å². The minimum absolute atomic E-state index is 0.115. The van der Waals surface area contributed by atoms with Crippen molar-refractivity contribution in [2.24, 2.45) is 0 Å². The maximum atomic E-state index is 12.1. The zero-order valence-corrected chi connectivity index (χ0v) is 11.7. The molecule has 106 valence electrons. The zero-order valence-electron chi connectivity index (χ0n) is 11.7. The highest BCUT2D eigenvalue weighted by Gasteiger charge is 2.16. The number of aromatic nitrogens is 3. The van der Waals surface area contributed by atoms with Crippen LogP contribution in [-0.2, 0) is 11.3 Å². The lowest BCUT2D eigenvalue weighted by molar-refractivity contribution is -0.119. The van der Waals surface area contributed by atoms with Crippen LogP contribution < -0.4 is 10.6 Å². The first-order valence-electron chi connectivity index (χ1n) is 6.68. The van der Waals surface area contributed by atoms with Crippen molar-refractivity contribution in [3.05, 3.63) is 42.2 Å². The summed E-state index contributed by atoms with van der Waals surface area (Å²) >= 11 is 0. The fourth-order valence-corrected chi connectivity index (χ4v) is 1.73. The Morgan fingerprint density at radius 2 is 2.10 bits per heavy atom. The first-order chi connectivity index (χ1) is 9.70. The zero-order chi connectivity index (χ0) is 14.4. The first-order valence-corrected chi connectivity index (χ1v) is 6.68. The Kier molecular flexibility index (Phi) is 4.84. The third kappa shape index (κ3) is 3.64. The molecule has 1 unspecified atom stereocenters. The van der Waals surface area contributed by atoms with E-state index in [0.29, 0.717) is 6.54 Å². The number of benzene rings is 1. The molecule has 1 aromatic carbocycles. The van der Waals surface area contributed by atoms with Crippen molar-refractivity contribution >= 4 is 11.6 Å². The third-order valence-corrected chi connectivity index (χ3v) is 2.93. The Bertz CT molecular complexity index is 552. The number of anilines is 1. The number of para-hydroxylation sites is 1. The number of hydrogen-bond acceptors (Lipinski definition) is 4. The summed E-state index contributed by atoms with van der Waals surface area (Å²) < 4.78 is 1.57. The summed E-state index contributed by atoms with van der Waals surface area (Å²) in [5.74, 6) is -0.115. The second kappa shape index (κ2) is 6.81. The van der Waals surface area contributed by atoms with E-state index in [-0.39, 0.29) is 5.91 Å². The van der Waals surface area contributed by atoms with Crippen LogP contribution in [0.2, 0.25) is 0 Å². The van der Waals surface area contributed by atoms with Crippen LogP contribution in [0.1, 0.15) is 25.6 Å². The normalized spacial score (nSPS) is 12.1. The van der Waals surface area contributed by atoms with Crippen molar-refractivity contribution in [3.8, 4) is 0 Å². The molecule has 1 amide bonds. The summed E-state index contributed by atoms with van der Waals surface area (Å²) in [7, 11) is 0. The molecule has 0 saturated heterocycles. The Morgan fingerprint density at radius 1 is 1.35 bits per heavy atom. The average molecular weight is 273 g/mol. The molecule has 6 heteroatoms. The fourth-order valence-electron chi connectivity index (χ4n) is 1.73. The highest BCUT2D eigenvalue weighted by molar-refractivity contribution is 5.93. The molecule has 0 saturated carbocycles. The van der Waals surface area contributed by atoms with E-state index in [1.807, 2.05) is 37.3 Å². The monoisotopic (exact) mass is 273 g/mol. The van der Waals surface area contributed by atoms with Gasteiger partial charge in [-0.15, -0.1) is 5.10 Å². The van der Waals surface area contributed by atoms with Crippen LogP contribution in [0.25, 0.3) is 0 Å². The Labute approximate surface area is 118 Å². The smallest absolute Gasteiger partial charge is 0.249 e. The Hall–Kier alpha value is -2.21. The molecule has 0 fully saturated rings. The van der Waals surface area contributed by atoms with Gasteiger partial charge in [-0.25, -0.2) is 4.68 Å². The van der Waals surface area contributed by atoms with Gasteiger partial charge in [0.05, 0.1) is 11.9 Å². The van der Waals surface area contributed by atoms with Crippen LogP contribution in [0.4, 0.5) is 5.69 Å². The summed E-state index contributed by atoms with van der Waals surface area (Å²) in [6, 6.07) is 8.96. The van der Waals surface area contributed by atoms with E-state index >= 15 is 0 Å². The van der Waals surface area contributed by atoms with E-state index in [0.717, 1.165) is 17.9 Å². The van der Waals surface area contributed by atoms with Gasteiger partial charge >= 0.3 is 0 Å². The standard InChI is InChI=1S/C14H19N5O/c1-3-15-9-13-10-19(18-17-13)11(2)14(20)16-12-7-5-4-6-8-12/h4-8,10-11,15H,3,9H2,1-2H3,(H,16,20). The molecule has 2 N–H and O–H groups in total. The van der Waals surface area contributed by atoms with E-state index in [1.165, 1.54) is 0 Å². The second-order valence-corrected chi connectivity index (χ2v) is 4.50. The van der Waals surface area contributed by atoms with Crippen LogP contribution in [0.15, 0.2) is 36.5 Å². The molecule has 1 atom stereocenters. The lowest BCUT2D eigenvalue weighted by atomic mass is 10.2. The maximum absolute atomic E-state index is 12.1. The maximum Gasteiger partial charge on any atom is 0.249 e. The van der Waals surface area contributed by atoms with Crippen LogP contribution in [-0.4, -0.2) is 27.4 Å². The van der Waals surface area contributed by atoms with E-state index in [9.17, 15) is 4.79 Å². The highest BCUT2D eigenvalue weighted by Crippen LogP contribution is 2.11. The fraction of sp³-hybridized carbons (Fsp3) is 0.357. The lowest BCUT2D eigenvalue weighted by Gasteiger charge is -2.11. The van der Waals surface area contributed by atoms with Gasteiger partial charge in [-0.1, -0.05) is 30.3 Å². The number of carbonyl (C=O) groups is 1. The molecule has 0 aliphatic carbocycles. The molecule has 2 rings (SSSR count). The van der Waals surface area contributed by atoms with Crippen LogP contribution in [0, 0.1) is 0 Å². The summed E-state index contributed by atoms with van der Waals surface area (Å²) in [5.41, 5.74) is 1.60. The number of hydrogen-bond donors (Lipinski definition) is 2. The van der Waals surface area contributed by atoms with E-state index in [2.05, 4.69) is 20.9 Å². The molecule has 0 spiro atoms. The summed E-state index contributed by atoms with van der Waals surface area (Å²) in [6.07, 6.45) is 1.79. The molecule has 0 aliphatic heterocycles. The molecule has 1 aromatic heterocycles. The lowest BCUT2D eigenvalue weighted by Crippen LogP contribution is -2.24. The van der Waals surface area contributed by atoms with Crippen molar-refractivity contribution in [3.63, 3.8) is 0 Å². The van der Waals surface area contributed by atoms with Gasteiger partial charge in [0.15, 0.2) is 0 Å². The first kappa shape index (κ1) is 14.2. The molecule has 20 heavy (non-hydrogen) atoms. The average Bonchev–Trinajstić information content (AvgIpc) is 2.94. The van der Waals surface area contributed by atoms with E-state index in [4.69, 9.17) is 0 Å². The molecule has 0 radical (unpaired) electrons. The number of nitrogens with one attached hydrogen (secondary N) is 2. The van der Waals surface area contributed by atoms with Crippen LogP contribution >= 0.6 is 0 Å². The van der Waals surface area contributed by atoms with Crippen molar-refractivity contribution in [2.75, 3.05) is 11.9 Å². The third-order valence-electron chi connectivity index (χ3n) is 2.93. The minimum Gasteiger partial charge on any atom is -0.324 e. The summed E-state index contributed by atoms with van der Waals surface area (Å²) in [4.78, 5) is 12.1. The number of amides is 1. The van der Waals surface area contributed by atoms with Gasteiger partial charge in [0, 0.05) is 12.2 Å². The van der Waals surface area contributed by atoms with Gasteiger partial charge in [-0.3, -0.25) is 4.79 Å². The van der Waals surface area contributed by atoms with Crippen LogP contribution in [0.3, 0.4) is 0 Å². The summed E-state index contributed by atoms with van der Waals surface area (Å²) in [6.45, 7) is 5.35. The molecular weight excluding hydrogens is 254 g/mol. The Morgan fingerprint density at radius 3 is 2.80 bits per heavy atom. The van der Waals surface area contributed by atoms with Crippen molar-refractivity contribution in [1.29, 1.82) is 0 Å². The molecule has 1 heterocycles. The van der Waals surface area contributed by atoms with E-state index in [1.54, 1.807) is 17.8 Å². The van der Waals surface area contributed by atoms with Crippen molar-refractivity contribution in [1.82, 2.24) is 20.3 Å². The molecular formula is C14H19N5O. The van der Waals surface area contributed by atoms with Gasteiger partial charge < -0.3 is 10.6 Å². The number of rotatable bonds is 6. The van der Waals surface area contributed by atoms with Gasteiger partial charge in [0.25, 0.3) is 0 Å². The topological polar surface area (TPSA) is 71.8 Å². The van der Waals surface area contributed by atoms with E-state index < -0.39 is 6.04 Å². The number of carbonyl (C=O) groups excluding carboxylic acids is 1. The quantitative estimate of drug-likeness (QED) is 0.838. The van der Waals surface area contributed by atoms with Crippen molar-refractivity contribution in [2.45, 2.75) is 26.4 Å². The highest BCUT2D eigenvalue weighted by atomic mass is 16.2. The van der Waals surface area contributed by atoms with Gasteiger partial charge in [-0.2, -0.15) is 0 Å². The molecule has 0 aliphatic rings. The minimum atomic E-state index is -0.405. The second-order valence-electron chi connectivity index (χ2n) is 4.50. The molecule has 2 aromatic rings. The Balaban J connectivity index is 1.97. The van der Waals surface area contributed by atoms with Gasteiger partial charge in [0.1, 0.15) is 6.04 Å². The molecule has 6 nitrogen and oxygen atoms in total. The van der Waals surface area contributed by atoms with Gasteiger partial charge in [-0.05, 0) is 25.6 Å². The predicted molar refractivity (Wildman–Crippen MR) is 77.2 cm³/mol. The largest absolute Gasteiger partial charge is 0.324 e. The van der Waals surface area contributed by atoms with Crippen LogP contribution in [0.5, 0.6) is 0 Å². The number of nitrogens with zero attached hydrogens (tertiary/aromatic N) is 3. The SMILES string of the molecule is CCNCc1cn(C(C)C(=O)Nc2ccccc2)nn1. The molecule has 0 bridgehead atoms. The van der Waals surface area contributed by atoms with Gasteiger partial charge in [0.2, 0.25) is 5.91 Å². The predicted octanol–water partition coefficient (Wildman–Crippen LogP) is 1.59.